The molecular weight excluding hydrogens is 296 g/mol. The van der Waals surface area contributed by atoms with Crippen molar-refractivity contribution in [3.8, 4) is 5.75 Å². The van der Waals surface area contributed by atoms with E-state index in [1.54, 1.807) is 13.2 Å². The molecule has 0 aliphatic heterocycles. The molecule has 0 atom stereocenters. The van der Waals surface area contributed by atoms with E-state index >= 15 is 0 Å². The Labute approximate surface area is 126 Å². The van der Waals surface area contributed by atoms with Crippen molar-refractivity contribution in [1.82, 2.24) is 0 Å². The summed E-state index contributed by atoms with van der Waals surface area (Å²) in [6, 6.07) is 9.30. The van der Waals surface area contributed by atoms with Crippen LogP contribution in [-0.2, 0) is 11.3 Å². The minimum atomic E-state index is -0.105. The Morgan fingerprint density at radius 2 is 2.15 bits per heavy atom. The van der Waals surface area contributed by atoms with Gasteiger partial charge in [-0.2, -0.15) is 0 Å². The first kappa shape index (κ1) is 14.7. The second-order valence-corrected chi connectivity index (χ2v) is 5.96. The first-order valence-corrected chi connectivity index (χ1v) is 7.21. The number of hydrogen-bond donors (Lipinski definition) is 2. The van der Waals surface area contributed by atoms with Crippen molar-refractivity contribution in [3.63, 3.8) is 0 Å². The number of ether oxygens (including phenoxy) is 1. The number of carbonyl (C=O) groups is 1. The van der Waals surface area contributed by atoms with Crippen LogP contribution in [0.2, 0.25) is 4.34 Å². The van der Waals surface area contributed by atoms with Gasteiger partial charge in [-0.05, 0) is 30.3 Å². The largest absolute Gasteiger partial charge is 0.495 e. The highest BCUT2D eigenvalue weighted by Crippen LogP contribution is 2.29. The Kier molecular flexibility index (Phi) is 4.87. The van der Waals surface area contributed by atoms with Gasteiger partial charge in [-0.15, -0.1) is 11.3 Å². The maximum atomic E-state index is 11.1. The van der Waals surface area contributed by atoms with E-state index in [4.69, 9.17) is 16.3 Å². The highest BCUT2D eigenvalue weighted by molar-refractivity contribution is 7.16. The third-order valence-corrected chi connectivity index (χ3v) is 3.83. The fourth-order valence-electron chi connectivity index (χ4n) is 1.76. The average Bonchev–Trinajstić information content (AvgIpc) is 2.82. The van der Waals surface area contributed by atoms with Crippen LogP contribution in [0.1, 0.15) is 11.8 Å². The quantitative estimate of drug-likeness (QED) is 0.878. The van der Waals surface area contributed by atoms with Crippen LogP contribution in [0.3, 0.4) is 0 Å². The zero-order chi connectivity index (χ0) is 14.5. The van der Waals surface area contributed by atoms with Gasteiger partial charge in [0.15, 0.2) is 0 Å². The van der Waals surface area contributed by atoms with E-state index in [0.717, 1.165) is 26.3 Å². The van der Waals surface area contributed by atoms with Crippen molar-refractivity contribution in [2.45, 2.75) is 13.5 Å². The number of anilines is 2. The van der Waals surface area contributed by atoms with Crippen LogP contribution in [0.4, 0.5) is 11.4 Å². The predicted molar refractivity (Wildman–Crippen MR) is 84.0 cm³/mol. The summed E-state index contributed by atoms with van der Waals surface area (Å²) in [5.41, 5.74) is 1.55. The molecule has 1 aromatic heterocycles. The molecule has 1 aromatic carbocycles. The molecule has 0 saturated carbocycles. The second kappa shape index (κ2) is 6.63. The van der Waals surface area contributed by atoms with E-state index in [2.05, 4.69) is 10.6 Å². The Hall–Kier alpha value is -1.72. The maximum absolute atomic E-state index is 11.1. The topological polar surface area (TPSA) is 50.4 Å². The Balaban J connectivity index is 2.13. The lowest BCUT2D eigenvalue weighted by atomic mass is 10.2. The molecular formula is C14H15ClN2O2S. The monoisotopic (exact) mass is 310 g/mol. The van der Waals surface area contributed by atoms with Crippen LogP contribution in [0.25, 0.3) is 0 Å². The zero-order valence-corrected chi connectivity index (χ0v) is 12.8. The molecule has 6 heteroatoms. The van der Waals surface area contributed by atoms with Crippen LogP contribution in [-0.4, -0.2) is 13.0 Å². The van der Waals surface area contributed by atoms with Gasteiger partial charge in [-0.25, -0.2) is 0 Å². The molecule has 2 rings (SSSR count). The number of hydrogen-bond acceptors (Lipinski definition) is 4. The fourth-order valence-corrected chi connectivity index (χ4v) is 2.78. The normalized spacial score (nSPS) is 10.2. The highest BCUT2D eigenvalue weighted by Gasteiger charge is 2.06. The van der Waals surface area contributed by atoms with Gasteiger partial charge in [-0.1, -0.05) is 11.6 Å². The summed E-state index contributed by atoms with van der Waals surface area (Å²) < 4.78 is 6.07. The van der Waals surface area contributed by atoms with Crippen LogP contribution in [0, 0.1) is 0 Å². The zero-order valence-electron chi connectivity index (χ0n) is 11.2. The van der Waals surface area contributed by atoms with Crippen LogP contribution in [0.5, 0.6) is 5.75 Å². The number of thiophene rings is 1. The number of benzene rings is 1. The first-order chi connectivity index (χ1) is 9.58. The molecule has 0 bridgehead atoms. The van der Waals surface area contributed by atoms with Gasteiger partial charge in [0.05, 0.1) is 17.1 Å². The minimum Gasteiger partial charge on any atom is -0.495 e. The SMILES string of the molecule is COc1ccc(NC(C)=O)cc1NCc1ccc(Cl)s1. The highest BCUT2D eigenvalue weighted by atomic mass is 35.5. The van der Waals surface area contributed by atoms with E-state index in [0.29, 0.717) is 6.54 Å². The molecule has 0 radical (unpaired) electrons. The van der Waals surface area contributed by atoms with Crippen molar-refractivity contribution in [3.05, 3.63) is 39.5 Å². The van der Waals surface area contributed by atoms with E-state index in [1.807, 2.05) is 24.3 Å². The van der Waals surface area contributed by atoms with Gasteiger partial charge in [-0.3, -0.25) is 4.79 Å². The van der Waals surface area contributed by atoms with Gasteiger partial charge in [0.25, 0.3) is 0 Å². The molecule has 0 saturated heterocycles. The Morgan fingerprint density at radius 3 is 2.75 bits per heavy atom. The molecule has 2 aromatic rings. The molecule has 0 spiro atoms. The Bertz CT molecular complexity index is 613. The van der Waals surface area contributed by atoms with Gasteiger partial charge in [0.2, 0.25) is 5.91 Å². The third kappa shape index (κ3) is 3.88. The predicted octanol–water partition coefficient (Wildman–Crippen LogP) is 3.98. The van der Waals surface area contributed by atoms with Crippen molar-refractivity contribution in [2.75, 3.05) is 17.7 Å². The van der Waals surface area contributed by atoms with Crippen molar-refractivity contribution in [1.29, 1.82) is 0 Å². The summed E-state index contributed by atoms with van der Waals surface area (Å²) in [6.07, 6.45) is 0. The number of halogens is 1. The van der Waals surface area contributed by atoms with Crippen molar-refractivity contribution >= 4 is 40.2 Å². The van der Waals surface area contributed by atoms with Crippen LogP contribution < -0.4 is 15.4 Å². The summed E-state index contributed by atoms with van der Waals surface area (Å²) >= 11 is 7.43. The van der Waals surface area contributed by atoms with Gasteiger partial charge >= 0.3 is 0 Å². The Morgan fingerprint density at radius 1 is 1.35 bits per heavy atom. The minimum absolute atomic E-state index is 0.105. The average molecular weight is 311 g/mol. The van der Waals surface area contributed by atoms with Gasteiger partial charge < -0.3 is 15.4 Å². The molecule has 20 heavy (non-hydrogen) atoms. The number of nitrogens with one attached hydrogen (secondary N) is 2. The molecule has 0 aliphatic rings. The van der Waals surface area contributed by atoms with Gasteiger partial charge in [0.1, 0.15) is 5.75 Å². The van der Waals surface area contributed by atoms with Crippen LogP contribution in [0.15, 0.2) is 30.3 Å². The molecule has 2 N–H and O–H groups in total. The van der Waals surface area contributed by atoms with E-state index < -0.39 is 0 Å². The second-order valence-electron chi connectivity index (χ2n) is 4.16. The van der Waals surface area contributed by atoms with Gasteiger partial charge in [0, 0.05) is 24.0 Å². The number of amides is 1. The summed E-state index contributed by atoms with van der Waals surface area (Å²) in [5, 5.41) is 6.03. The number of methoxy groups -OCH3 is 1. The molecule has 4 nitrogen and oxygen atoms in total. The van der Waals surface area contributed by atoms with Crippen molar-refractivity contribution in [2.24, 2.45) is 0 Å². The lowest BCUT2D eigenvalue weighted by Crippen LogP contribution is -2.07. The molecule has 0 unspecified atom stereocenters. The lowest BCUT2D eigenvalue weighted by Gasteiger charge is -2.12. The molecule has 1 amide bonds. The standard InChI is InChI=1S/C14H15ClN2O2S/c1-9(18)17-10-3-5-13(19-2)12(7-10)16-8-11-4-6-14(15)20-11/h3-7,16H,8H2,1-2H3,(H,17,18). The summed E-state index contributed by atoms with van der Waals surface area (Å²) in [7, 11) is 1.61. The summed E-state index contributed by atoms with van der Waals surface area (Å²) in [4.78, 5) is 12.2. The summed E-state index contributed by atoms with van der Waals surface area (Å²) in [6.45, 7) is 2.13. The van der Waals surface area contributed by atoms with E-state index in [9.17, 15) is 4.79 Å². The first-order valence-electron chi connectivity index (χ1n) is 6.02. The fraction of sp³-hybridized carbons (Fsp3) is 0.214. The third-order valence-electron chi connectivity index (χ3n) is 2.60. The smallest absolute Gasteiger partial charge is 0.221 e. The maximum Gasteiger partial charge on any atom is 0.221 e. The summed E-state index contributed by atoms with van der Waals surface area (Å²) in [5.74, 6) is 0.618. The molecule has 0 fully saturated rings. The molecule has 1 heterocycles. The molecule has 106 valence electrons. The van der Waals surface area contributed by atoms with Crippen molar-refractivity contribution < 1.29 is 9.53 Å². The van der Waals surface area contributed by atoms with Crippen LogP contribution >= 0.6 is 22.9 Å². The number of rotatable bonds is 5. The molecule has 0 aliphatic carbocycles. The lowest BCUT2D eigenvalue weighted by molar-refractivity contribution is -0.114. The number of carbonyl (C=O) groups excluding carboxylic acids is 1. The van der Waals surface area contributed by atoms with E-state index in [-0.39, 0.29) is 5.91 Å². The van der Waals surface area contributed by atoms with E-state index in [1.165, 1.54) is 18.3 Å².